The Hall–Kier alpha value is -1.33. The van der Waals surface area contributed by atoms with E-state index in [1.165, 1.54) is 6.07 Å². The number of halogens is 2. The van der Waals surface area contributed by atoms with Crippen molar-refractivity contribution in [3.8, 4) is 0 Å². The van der Waals surface area contributed by atoms with Gasteiger partial charge in [0.1, 0.15) is 11.7 Å². The quantitative estimate of drug-likeness (QED) is 0.375. The predicted octanol–water partition coefficient (Wildman–Crippen LogP) is 2.44. The van der Waals surface area contributed by atoms with E-state index in [0.717, 1.165) is 0 Å². The lowest BCUT2D eigenvalue weighted by Crippen LogP contribution is -2.32. The first-order valence-electron chi connectivity index (χ1n) is 5.55. The summed E-state index contributed by atoms with van der Waals surface area (Å²) >= 11 is 5.88. The van der Waals surface area contributed by atoms with Crippen molar-refractivity contribution < 1.29 is 9.60 Å². The van der Waals surface area contributed by atoms with Crippen molar-refractivity contribution in [2.24, 2.45) is 10.9 Å². The van der Waals surface area contributed by atoms with Crippen LogP contribution < -0.4 is 5.73 Å². The molecule has 1 rings (SSSR count). The Balaban J connectivity index is 2.69. The largest absolute Gasteiger partial charge is 0.409 e. The monoisotopic (exact) mass is 273 g/mol. The fourth-order valence-corrected chi connectivity index (χ4v) is 1.78. The van der Waals surface area contributed by atoms with E-state index in [2.05, 4.69) is 5.16 Å². The zero-order chi connectivity index (χ0) is 13.7. The Kier molecular flexibility index (Phi) is 5.37. The van der Waals surface area contributed by atoms with Crippen molar-refractivity contribution in [3.63, 3.8) is 0 Å². The molecule has 18 heavy (non-hydrogen) atoms. The highest BCUT2D eigenvalue weighted by Gasteiger charge is 2.14. The van der Waals surface area contributed by atoms with Crippen molar-refractivity contribution >= 4 is 17.4 Å². The fourth-order valence-electron chi connectivity index (χ4n) is 1.59. The van der Waals surface area contributed by atoms with Gasteiger partial charge in [-0.05, 0) is 25.6 Å². The summed E-state index contributed by atoms with van der Waals surface area (Å²) in [7, 11) is 1.87. The molecule has 0 aliphatic carbocycles. The van der Waals surface area contributed by atoms with Gasteiger partial charge in [-0.25, -0.2) is 4.39 Å². The summed E-state index contributed by atoms with van der Waals surface area (Å²) in [6, 6.07) is 4.78. The molecule has 4 nitrogen and oxygen atoms in total. The number of benzene rings is 1. The van der Waals surface area contributed by atoms with Crippen molar-refractivity contribution in [2.75, 3.05) is 7.05 Å². The number of oxime groups is 1. The lowest BCUT2D eigenvalue weighted by atomic mass is 10.1. The highest BCUT2D eigenvalue weighted by atomic mass is 35.5. The van der Waals surface area contributed by atoms with Gasteiger partial charge in [0, 0.05) is 19.0 Å². The molecule has 0 fully saturated rings. The molecule has 1 aromatic rings. The first-order valence-corrected chi connectivity index (χ1v) is 5.93. The van der Waals surface area contributed by atoms with Gasteiger partial charge < -0.3 is 10.9 Å². The van der Waals surface area contributed by atoms with Gasteiger partial charge in [0.2, 0.25) is 0 Å². The molecule has 1 atom stereocenters. The number of hydrogen-bond donors (Lipinski definition) is 2. The maximum absolute atomic E-state index is 13.3. The normalized spacial score (nSPS) is 13.9. The number of rotatable bonds is 5. The average molecular weight is 274 g/mol. The third kappa shape index (κ3) is 3.85. The van der Waals surface area contributed by atoms with Crippen LogP contribution in [-0.4, -0.2) is 29.0 Å². The highest BCUT2D eigenvalue weighted by Crippen LogP contribution is 2.21. The molecule has 0 aliphatic rings. The molecule has 0 heterocycles. The zero-order valence-electron chi connectivity index (χ0n) is 10.4. The standard InChI is InChI=1S/C12H17ClFN3O/c1-8(6-11(15)16-18)17(2)7-9-4-3-5-10(14)12(9)13/h3-5,8,18H,6-7H2,1-2H3,(H2,15,16). The molecule has 0 radical (unpaired) electrons. The van der Waals surface area contributed by atoms with Crippen LogP contribution in [0.15, 0.2) is 23.4 Å². The molecule has 1 aromatic carbocycles. The van der Waals surface area contributed by atoms with Crippen LogP contribution in [0.2, 0.25) is 5.02 Å². The van der Waals surface area contributed by atoms with E-state index in [4.69, 9.17) is 22.5 Å². The number of hydrogen-bond acceptors (Lipinski definition) is 3. The minimum Gasteiger partial charge on any atom is -0.409 e. The minimum atomic E-state index is -0.424. The lowest BCUT2D eigenvalue weighted by molar-refractivity contribution is 0.250. The Morgan fingerprint density at radius 2 is 2.28 bits per heavy atom. The van der Waals surface area contributed by atoms with E-state index in [1.54, 1.807) is 12.1 Å². The molecule has 6 heteroatoms. The van der Waals surface area contributed by atoms with Gasteiger partial charge in [-0.1, -0.05) is 28.9 Å². The molecule has 3 N–H and O–H groups in total. The Labute approximate surface area is 111 Å². The van der Waals surface area contributed by atoms with E-state index in [1.807, 2.05) is 18.9 Å². The van der Waals surface area contributed by atoms with Gasteiger partial charge in [0.05, 0.1) is 5.02 Å². The van der Waals surface area contributed by atoms with E-state index in [-0.39, 0.29) is 16.9 Å². The summed E-state index contributed by atoms with van der Waals surface area (Å²) in [4.78, 5) is 1.96. The van der Waals surface area contributed by atoms with Crippen LogP contribution in [-0.2, 0) is 6.54 Å². The van der Waals surface area contributed by atoms with Crippen molar-refractivity contribution in [3.05, 3.63) is 34.6 Å². The predicted molar refractivity (Wildman–Crippen MR) is 70.4 cm³/mol. The van der Waals surface area contributed by atoms with Gasteiger partial charge in [-0.3, -0.25) is 4.90 Å². The number of nitrogens with zero attached hydrogens (tertiary/aromatic N) is 2. The molecular formula is C12H17ClFN3O. The Morgan fingerprint density at radius 3 is 2.89 bits per heavy atom. The second-order valence-electron chi connectivity index (χ2n) is 4.27. The molecular weight excluding hydrogens is 257 g/mol. The molecule has 0 saturated carbocycles. The van der Waals surface area contributed by atoms with Crippen molar-refractivity contribution in [1.82, 2.24) is 4.90 Å². The van der Waals surface area contributed by atoms with Crippen LogP contribution in [0.25, 0.3) is 0 Å². The maximum atomic E-state index is 13.3. The third-order valence-electron chi connectivity index (χ3n) is 2.84. The van der Waals surface area contributed by atoms with Gasteiger partial charge in [0.15, 0.2) is 0 Å². The second kappa shape index (κ2) is 6.56. The van der Waals surface area contributed by atoms with E-state index < -0.39 is 5.82 Å². The van der Waals surface area contributed by atoms with Gasteiger partial charge in [-0.2, -0.15) is 0 Å². The third-order valence-corrected chi connectivity index (χ3v) is 3.26. The molecule has 1 unspecified atom stereocenters. The average Bonchev–Trinajstić information content (AvgIpc) is 2.34. The summed E-state index contributed by atoms with van der Waals surface area (Å²) in [5, 5.41) is 11.6. The lowest BCUT2D eigenvalue weighted by Gasteiger charge is -2.24. The van der Waals surface area contributed by atoms with Crippen LogP contribution in [0.3, 0.4) is 0 Å². The summed E-state index contributed by atoms with van der Waals surface area (Å²) in [6.07, 6.45) is 0.430. The molecule has 100 valence electrons. The fraction of sp³-hybridized carbons (Fsp3) is 0.417. The molecule has 0 aromatic heterocycles. The van der Waals surface area contributed by atoms with Crippen molar-refractivity contribution in [1.29, 1.82) is 0 Å². The topological polar surface area (TPSA) is 61.9 Å². The first-order chi connectivity index (χ1) is 8.45. The summed E-state index contributed by atoms with van der Waals surface area (Å²) in [5.41, 5.74) is 6.16. The smallest absolute Gasteiger partial charge is 0.142 e. The van der Waals surface area contributed by atoms with Crippen LogP contribution in [0.4, 0.5) is 4.39 Å². The summed E-state index contributed by atoms with van der Waals surface area (Å²) in [6.45, 7) is 2.43. The van der Waals surface area contributed by atoms with Crippen LogP contribution in [0, 0.1) is 5.82 Å². The van der Waals surface area contributed by atoms with Crippen LogP contribution >= 0.6 is 11.6 Å². The Morgan fingerprint density at radius 1 is 1.61 bits per heavy atom. The molecule has 0 saturated heterocycles. The van der Waals surface area contributed by atoms with Gasteiger partial charge >= 0.3 is 0 Å². The summed E-state index contributed by atoms with van der Waals surface area (Å²) < 4.78 is 13.3. The van der Waals surface area contributed by atoms with Crippen molar-refractivity contribution in [2.45, 2.75) is 25.9 Å². The van der Waals surface area contributed by atoms with E-state index in [0.29, 0.717) is 18.5 Å². The van der Waals surface area contributed by atoms with E-state index >= 15 is 0 Å². The van der Waals surface area contributed by atoms with Crippen LogP contribution in [0.1, 0.15) is 18.9 Å². The molecule has 0 aliphatic heterocycles. The second-order valence-corrected chi connectivity index (χ2v) is 4.65. The molecule has 0 amide bonds. The van der Waals surface area contributed by atoms with Crippen LogP contribution in [0.5, 0.6) is 0 Å². The number of amidine groups is 1. The number of nitrogens with two attached hydrogens (primary N) is 1. The first kappa shape index (κ1) is 14.7. The Bertz CT molecular complexity index is 439. The molecule has 0 spiro atoms. The maximum Gasteiger partial charge on any atom is 0.142 e. The van der Waals surface area contributed by atoms with E-state index in [9.17, 15) is 4.39 Å². The SMILES string of the molecule is CC(C/C(N)=N/O)N(C)Cc1cccc(F)c1Cl. The van der Waals surface area contributed by atoms with Gasteiger partial charge in [0.25, 0.3) is 0 Å². The highest BCUT2D eigenvalue weighted by molar-refractivity contribution is 6.31. The summed E-state index contributed by atoms with van der Waals surface area (Å²) in [5.74, 6) is -0.258. The zero-order valence-corrected chi connectivity index (χ0v) is 11.2. The van der Waals surface area contributed by atoms with Gasteiger partial charge in [-0.15, -0.1) is 0 Å². The minimum absolute atomic E-state index is 0.0558. The molecule has 0 bridgehead atoms.